The minimum atomic E-state index is -4.52. The molecule has 3 aromatic rings. The Kier molecular flexibility index (Phi) is 7.18. The number of aromatic nitrogens is 2. The molecule has 0 aliphatic heterocycles. The first kappa shape index (κ1) is 24.7. The van der Waals surface area contributed by atoms with Gasteiger partial charge in [-0.3, -0.25) is 9.59 Å². The quantitative estimate of drug-likeness (QED) is 0.511. The number of nitrogens with zero attached hydrogens (tertiary/aromatic N) is 2. The number of hydrogen-bond donors (Lipinski definition) is 2. The summed E-state index contributed by atoms with van der Waals surface area (Å²) in [6.45, 7) is -0.437. The number of benzene rings is 2. The van der Waals surface area contributed by atoms with E-state index in [1.165, 1.54) is 24.3 Å². The van der Waals surface area contributed by atoms with Gasteiger partial charge in [0, 0.05) is 19.2 Å². The predicted octanol–water partition coefficient (Wildman–Crippen LogP) is 4.37. The van der Waals surface area contributed by atoms with E-state index < -0.39 is 35.3 Å². The lowest BCUT2D eigenvalue weighted by atomic mass is 10.1. The Labute approximate surface area is 189 Å². The Hall–Kier alpha value is -3.96. The van der Waals surface area contributed by atoms with Crippen LogP contribution in [-0.2, 0) is 25.4 Å². The van der Waals surface area contributed by atoms with Crippen LogP contribution in [0.3, 0.4) is 0 Å². The highest BCUT2D eigenvalue weighted by Gasteiger charge is 2.31. The lowest BCUT2D eigenvalue weighted by Gasteiger charge is -2.10. The molecule has 0 saturated carbocycles. The largest absolute Gasteiger partial charge is 0.416 e. The molecule has 2 N–H and O–H groups in total. The zero-order valence-electron chi connectivity index (χ0n) is 17.2. The zero-order chi connectivity index (χ0) is 24.9. The third-order valence-electron chi connectivity index (χ3n) is 4.55. The van der Waals surface area contributed by atoms with Gasteiger partial charge in [0.05, 0.1) is 11.1 Å². The van der Waals surface area contributed by atoms with Crippen LogP contribution in [0.25, 0.3) is 0 Å². The van der Waals surface area contributed by atoms with E-state index in [9.17, 15) is 35.9 Å². The van der Waals surface area contributed by atoms with Crippen molar-refractivity contribution in [2.24, 2.45) is 0 Å². The van der Waals surface area contributed by atoms with Crippen LogP contribution in [-0.4, -0.2) is 21.8 Å². The maximum atomic E-state index is 12.8. The molecule has 0 aliphatic carbocycles. The summed E-state index contributed by atoms with van der Waals surface area (Å²) in [5.41, 5.74) is -1.74. The van der Waals surface area contributed by atoms with E-state index in [-0.39, 0.29) is 35.6 Å². The van der Waals surface area contributed by atoms with Crippen molar-refractivity contribution in [3.05, 3.63) is 94.6 Å². The van der Waals surface area contributed by atoms with Crippen LogP contribution in [0.5, 0.6) is 0 Å². The number of halogens is 6. The molecule has 34 heavy (non-hydrogen) atoms. The number of carbonyl (C=O) groups excluding carboxylic acids is 2. The summed E-state index contributed by atoms with van der Waals surface area (Å²) < 4.78 is 76.8. The summed E-state index contributed by atoms with van der Waals surface area (Å²) in [4.78, 5) is 32.1. The first-order valence-corrected chi connectivity index (χ1v) is 9.64. The molecule has 3 rings (SSSR count). The smallest absolute Gasteiger partial charge is 0.347 e. The number of alkyl halides is 6. The first-order chi connectivity index (χ1) is 15.9. The topological polar surface area (TPSA) is 84.0 Å². The molecule has 12 heteroatoms. The summed E-state index contributed by atoms with van der Waals surface area (Å²) >= 11 is 0. The van der Waals surface area contributed by atoms with Gasteiger partial charge < -0.3 is 10.6 Å². The average molecular weight is 482 g/mol. The highest BCUT2D eigenvalue weighted by Crippen LogP contribution is 2.30. The molecule has 6 nitrogen and oxygen atoms in total. The fourth-order valence-corrected chi connectivity index (χ4v) is 2.87. The van der Waals surface area contributed by atoms with Crippen molar-refractivity contribution in [3.8, 4) is 0 Å². The standard InChI is InChI=1S/C22H16F6N4O2/c23-21(24,25)15-5-1-3-13(7-15)10-29-19(33)17-9-18(32-12-31-17)20(34)30-11-14-4-2-6-16(8-14)22(26,27)28/h1-9,12H,10-11H2,(H,29,33)(H,30,34). The molecule has 0 spiro atoms. The number of rotatable bonds is 6. The molecule has 2 aromatic carbocycles. The van der Waals surface area contributed by atoms with E-state index in [1.54, 1.807) is 0 Å². The van der Waals surface area contributed by atoms with Crippen molar-refractivity contribution in [3.63, 3.8) is 0 Å². The summed E-state index contributed by atoms with van der Waals surface area (Å²) in [5.74, 6) is -1.52. The summed E-state index contributed by atoms with van der Waals surface area (Å²) in [7, 11) is 0. The van der Waals surface area contributed by atoms with Gasteiger partial charge in [0.2, 0.25) is 0 Å². The maximum Gasteiger partial charge on any atom is 0.416 e. The minimum Gasteiger partial charge on any atom is -0.347 e. The fourth-order valence-electron chi connectivity index (χ4n) is 2.87. The van der Waals surface area contributed by atoms with Gasteiger partial charge in [-0.15, -0.1) is 0 Å². The Morgan fingerprint density at radius 3 is 1.47 bits per heavy atom. The monoisotopic (exact) mass is 482 g/mol. The van der Waals surface area contributed by atoms with Crippen LogP contribution in [0.15, 0.2) is 60.9 Å². The predicted molar refractivity (Wildman–Crippen MR) is 107 cm³/mol. The highest BCUT2D eigenvalue weighted by molar-refractivity contribution is 5.97. The molecule has 1 heterocycles. The first-order valence-electron chi connectivity index (χ1n) is 9.64. The van der Waals surface area contributed by atoms with Gasteiger partial charge in [0.25, 0.3) is 11.8 Å². The number of amides is 2. The minimum absolute atomic E-state index is 0.205. The van der Waals surface area contributed by atoms with Gasteiger partial charge in [-0.25, -0.2) is 9.97 Å². The van der Waals surface area contributed by atoms with E-state index in [4.69, 9.17) is 0 Å². The van der Waals surface area contributed by atoms with Crippen molar-refractivity contribution in [2.75, 3.05) is 0 Å². The van der Waals surface area contributed by atoms with Crippen LogP contribution < -0.4 is 10.6 Å². The van der Waals surface area contributed by atoms with E-state index in [0.717, 1.165) is 36.7 Å². The van der Waals surface area contributed by atoms with Crippen LogP contribution in [0.2, 0.25) is 0 Å². The summed E-state index contributed by atoms with van der Waals surface area (Å²) in [5, 5.41) is 4.81. The molecule has 0 atom stereocenters. The second kappa shape index (κ2) is 9.89. The van der Waals surface area contributed by atoms with Crippen LogP contribution in [0, 0.1) is 0 Å². The van der Waals surface area contributed by atoms with Crippen molar-refractivity contribution in [1.29, 1.82) is 0 Å². The van der Waals surface area contributed by atoms with E-state index in [1.807, 2.05) is 0 Å². The molecule has 0 aliphatic rings. The maximum absolute atomic E-state index is 12.8. The SMILES string of the molecule is O=C(NCc1cccc(C(F)(F)F)c1)c1cc(C(=O)NCc2cccc(C(F)(F)F)c2)ncn1. The molecule has 0 bridgehead atoms. The van der Waals surface area contributed by atoms with Crippen molar-refractivity contribution in [1.82, 2.24) is 20.6 Å². The molecule has 0 fully saturated rings. The average Bonchev–Trinajstić information content (AvgIpc) is 2.80. The Bertz CT molecular complexity index is 1110. The highest BCUT2D eigenvalue weighted by atomic mass is 19.4. The van der Waals surface area contributed by atoms with Crippen molar-refractivity contribution < 1.29 is 35.9 Å². The van der Waals surface area contributed by atoms with E-state index >= 15 is 0 Å². The molecule has 0 radical (unpaired) electrons. The van der Waals surface area contributed by atoms with E-state index in [0.29, 0.717) is 0 Å². The molecule has 0 saturated heterocycles. The zero-order valence-corrected chi connectivity index (χ0v) is 17.2. The fraction of sp³-hybridized carbons (Fsp3) is 0.182. The van der Waals surface area contributed by atoms with Crippen molar-refractivity contribution in [2.45, 2.75) is 25.4 Å². The molecular weight excluding hydrogens is 466 g/mol. The molecular formula is C22H16F6N4O2. The van der Waals surface area contributed by atoms with Gasteiger partial charge in [0.1, 0.15) is 17.7 Å². The van der Waals surface area contributed by atoms with Crippen molar-refractivity contribution >= 4 is 11.8 Å². The summed E-state index contributed by atoms with van der Waals surface area (Å²) in [6, 6.07) is 9.89. The Morgan fingerprint density at radius 2 is 1.09 bits per heavy atom. The molecule has 1 aromatic heterocycles. The Balaban J connectivity index is 1.62. The van der Waals surface area contributed by atoms with Gasteiger partial charge in [0.15, 0.2) is 0 Å². The molecule has 178 valence electrons. The van der Waals surface area contributed by atoms with Crippen LogP contribution in [0.1, 0.15) is 43.2 Å². The van der Waals surface area contributed by atoms with Gasteiger partial charge in [-0.05, 0) is 35.4 Å². The third-order valence-corrected chi connectivity index (χ3v) is 4.55. The molecule has 2 amide bonds. The number of nitrogens with one attached hydrogen (secondary N) is 2. The van der Waals surface area contributed by atoms with Crippen LogP contribution in [0.4, 0.5) is 26.3 Å². The Morgan fingerprint density at radius 1 is 0.676 bits per heavy atom. The van der Waals surface area contributed by atoms with Gasteiger partial charge in [-0.1, -0.05) is 24.3 Å². The lowest BCUT2D eigenvalue weighted by Crippen LogP contribution is -2.27. The van der Waals surface area contributed by atoms with E-state index in [2.05, 4.69) is 20.6 Å². The van der Waals surface area contributed by atoms with Crippen LogP contribution >= 0.6 is 0 Å². The van der Waals surface area contributed by atoms with Gasteiger partial charge >= 0.3 is 12.4 Å². The number of carbonyl (C=O) groups is 2. The number of hydrogen-bond acceptors (Lipinski definition) is 4. The third kappa shape index (κ3) is 6.53. The summed E-state index contributed by atoms with van der Waals surface area (Å²) in [6.07, 6.45) is -8.11. The normalized spacial score (nSPS) is 11.7. The second-order valence-corrected chi connectivity index (χ2v) is 7.05. The van der Waals surface area contributed by atoms with Gasteiger partial charge in [-0.2, -0.15) is 26.3 Å². The lowest BCUT2D eigenvalue weighted by molar-refractivity contribution is -0.138. The second-order valence-electron chi connectivity index (χ2n) is 7.05. The molecule has 0 unspecified atom stereocenters.